The summed E-state index contributed by atoms with van der Waals surface area (Å²) in [7, 11) is -3.95. The molecule has 4 nitrogen and oxygen atoms in total. The van der Waals surface area contributed by atoms with Crippen LogP contribution in [0.25, 0.3) is 0 Å². The van der Waals surface area contributed by atoms with Crippen LogP contribution >= 0.6 is 23.4 Å². The molecule has 0 radical (unpaired) electrons. The molecule has 0 saturated heterocycles. The summed E-state index contributed by atoms with van der Waals surface area (Å²) >= 11 is 7.35. The molecule has 1 aromatic carbocycles. The van der Waals surface area contributed by atoms with Gasteiger partial charge >= 0.3 is 0 Å². The van der Waals surface area contributed by atoms with E-state index in [0.29, 0.717) is 5.25 Å². The number of hydrogen-bond acceptors (Lipinski definition) is 4. The zero-order valence-corrected chi connectivity index (χ0v) is 13.3. The Morgan fingerprint density at radius 2 is 2.15 bits per heavy atom. The van der Waals surface area contributed by atoms with Crippen LogP contribution in [0, 0.1) is 5.82 Å². The van der Waals surface area contributed by atoms with Gasteiger partial charge in [0.25, 0.3) is 0 Å². The number of halogens is 2. The predicted octanol–water partition coefficient (Wildman–Crippen LogP) is 2.62. The molecule has 1 saturated carbocycles. The monoisotopic (exact) mass is 338 g/mol. The second-order valence-corrected chi connectivity index (χ2v) is 8.03. The van der Waals surface area contributed by atoms with E-state index in [1.165, 1.54) is 6.07 Å². The highest BCUT2D eigenvalue weighted by molar-refractivity contribution is 7.99. The molecular formula is C12H16ClFN2O2S2. The van der Waals surface area contributed by atoms with Crippen molar-refractivity contribution in [1.29, 1.82) is 0 Å². The molecular weight excluding hydrogens is 323 g/mol. The van der Waals surface area contributed by atoms with Gasteiger partial charge in [0, 0.05) is 17.0 Å². The van der Waals surface area contributed by atoms with Crippen molar-refractivity contribution in [2.75, 3.05) is 12.0 Å². The first-order valence-electron chi connectivity index (χ1n) is 6.13. The van der Waals surface area contributed by atoms with E-state index in [0.717, 1.165) is 25.3 Å². The van der Waals surface area contributed by atoms with Crippen molar-refractivity contribution in [2.45, 2.75) is 35.4 Å². The SMILES string of the molecule is CSC1CCC(NS(=O)(=O)c2cc(N)cc(Cl)c2F)C1. The lowest BCUT2D eigenvalue weighted by atomic mass is 10.3. The van der Waals surface area contributed by atoms with Gasteiger partial charge in [-0.05, 0) is 37.7 Å². The Kier molecular flexibility index (Phi) is 4.84. The summed E-state index contributed by atoms with van der Waals surface area (Å²) in [5.41, 5.74) is 5.65. The molecule has 0 amide bonds. The minimum atomic E-state index is -3.95. The molecule has 0 heterocycles. The summed E-state index contributed by atoms with van der Waals surface area (Å²) in [6, 6.07) is 2.11. The number of nitrogens with one attached hydrogen (secondary N) is 1. The third-order valence-corrected chi connectivity index (χ3v) is 6.24. The highest BCUT2D eigenvalue weighted by Crippen LogP contribution is 2.30. The predicted molar refractivity (Wildman–Crippen MR) is 81.1 cm³/mol. The standard InChI is InChI=1S/C12H16ClFN2O2S2/c1-19-9-3-2-8(6-9)16-20(17,18)11-5-7(15)4-10(13)12(11)14/h4-5,8-9,16H,2-3,6,15H2,1H3. The molecule has 2 atom stereocenters. The minimum Gasteiger partial charge on any atom is -0.399 e. The fourth-order valence-electron chi connectivity index (χ4n) is 2.32. The normalized spacial score (nSPS) is 23.1. The molecule has 0 spiro atoms. The van der Waals surface area contributed by atoms with Gasteiger partial charge in [-0.2, -0.15) is 11.8 Å². The van der Waals surface area contributed by atoms with E-state index in [1.54, 1.807) is 11.8 Å². The highest BCUT2D eigenvalue weighted by Gasteiger charge is 2.30. The maximum Gasteiger partial charge on any atom is 0.243 e. The molecule has 2 rings (SSSR count). The van der Waals surface area contributed by atoms with Crippen LogP contribution in [0.5, 0.6) is 0 Å². The number of hydrogen-bond donors (Lipinski definition) is 2. The van der Waals surface area contributed by atoms with Crippen molar-refractivity contribution in [3.8, 4) is 0 Å². The van der Waals surface area contributed by atoms with Gasteiger partial charge in [-0.25, -0.2) is 17.5 Å². The van der Waals surface area contributed by atoms with Gasteiger partial charge in [0.05, 0.1) is 5.02 Å². The van der Waals surface area contributed by atoms with E-state index in [4.69, 9.17) is 17.3 Å². The fourth-order valence-corrected chi connectivity index (χ4v) is 4.82. The lowest BCUT2D eigenvalue weighted by Crippen LogP contribution is -2.33. The number of nitrogens with two attached hydrogens (primary N) is 1. The maximum absolute atomic E-state index is 13.9. The smallest absolute Gasteiger partial charge is 0.243 e. The Bertz CT molecular complexity index is 610. The Balaban J connectivity index is 2.23. The topological polar surface area (TPSA) is 72.2 Å². The average molecular weight is 339 g/mol. The molecule has 2 unspecified atom stereocenters. The number of thioether (sulfide) groups is 1. The fraction of sp³-hybridized carbons (Fsp3) is 0.500. The van der Waals surface area contributed by atoms with E-state index >= 15 is 0 Å². The minimum absolute atomic E-state index is 0.116. The van der Waals surface area contributed by atoms with Crippen LogP contribution in [-0.4, -0.2) is 26.0 Å². The maximum atomic E-state index is 13.9. The van der Waals surface area contributed by atoms with Crippen LogP contribution in [0.4, 0.5) is 10.1 Å². The van der Waals surface area contributed by atoms with Crippen LogP contribution in [0.2, 0.25) is 5.02 Å². The molecule has 1 aliphatic rings. The largest absolute Gasteiger partial charge is 0.399 e. The molecule has 3 N–H and O–H groups in total. The van der Waals surface area contributed by atoms with Crippen molar-refractivity contribution in [1.82, 2.24) is 4.72 Å². The number of nitrogen functional groups attached to an aromatic ring is 1. The summed E-state index contributed by atoms with van der Waals surface area (Å²) < 4.78 is 40.9. The Hall–Kier alpha value is -0.500. The summed E-state index contributed by atoms with van der Waals surface area (Å²) in [6.45, 7) is 0. The zero-order valence-electron chi connectivity index (χ0n) is 10.9. The number of rotatable bonds is 4. The Labute approximate surface area is 127 Å². The van der Waals surface area contributed by atoms with E-state index < -0.39 is 20.7 Å². The summed E-state index contributed by atoms with van der Waals surface area (Å²) in [5.74, 6) is -0.965. The van der Waals surface area contributed by atoms with Gasteiger partial charge in [-0.3, -0.25) is 0 Å². The van der Waals surface area contributed by atoms with E-state index in [9.17, 15) is 12.8 Å². The van der Waals surface area contributed by atoms with E-state index in [1.807, 2.05) is 6.26 Å². The van der Waals surface area contributed by atoms with Crippen LogP contribution in [0.1, 0.15) is 19.3 Å². The number of anilines is 1. The summed E-state index contributed by atoms with van der Waals surface area (Å²) in [5, 5.41) is 0.149. The lowest BCUT2D eigenvalue weighted by Gasteiger charge is -2.14. The average Bonchev–Trinajstić information content (AvgIpc) is 2.80. The first-order valence-corrected chi connectivity index (χ1v) is 9.28. The molecule has 112 valence electrons. The van der Waals surface area contributed by atoms with E-state index in [-0.39, 0.29) is 16.8 Å². The van der Waals surface area contributed by atoms with Gasteiger partial charge in [-0.15, -0.1) is 0 Å². The van der Waals surface area contributed by atoms with Crippen molar-refractivity contribution < 1.29 is 12.8 Å². The third-order valence-electron chi connectivity index (χ3n) is 3.35. The van der Waals surface area contributed by atoms with Crippen molar-refractivity contribution in [3.05, 3.63) is 23.0 Å². The van der Waals surface area contributed by atoms with Gasteiger partial charge in [0.2, 0.25) is 10.0 Å². The second-order valence-electron chi connectivity index (χ2n) is 4.80. The molecule has 1 fully saturated rings. The first kappa shape index (κ1) is 15.9. The highest BCUT2D eigenvalue weighted by atomic mass is 35.5. The van der Waals surface area contributed by atoms with Crippen LogP contribution in [0.3, 0.4) is 0 Å². The second kappa shape index (κ2) is 6.09. The molecule has 1 aliphatic carbocycles. The van der Waals surface area contributed by atoms with Crippen LogP contribution in [0.15, 0.2) is 17.0 Å². The molecule has 0 aromatic heterocycles. The summed E-state index contributed by atoms with van der Waals surface area (Å²) in [6.07, 6.45) is 4.45. The van der Waals surface area contributed by atoms with Crippen LogP contribution in [-0.2, 0) is 10.0 Å². The third kappa shape index (κ3) is 3.39. The van der Waals surface area contributed by atoms with Gasteiger partial charge in [-0.1, -0.05) is 11.6 Å². The molecule has 0 bridgehead atoms. The van der Waals surface area contributed by atoms with E-state index in [2.05, 4.69) is 4.72 Å². The van der Waals surface area contributed by atoms with Crippen molar-refractivity contribution in [2.24, 2.45) is 0 Å². The molecule has 1 aromatic rings. The quantitative estimate of drug-likeness (QED) is 0.828. The molecule has 8 heteroatoms. The van der Waals surface area contributed by atoms with Crippen molar-refractivity contribution in [3.63, 3.8) is 0 Å². The van der Waals surface area contributed by atoms with Gasteiger partial charge in [0.15, 0.2) is 5.82 Å². The van der Waals surface area contributed by atoms with Gasteiger partial charge < -0.3 is 5.73 Å². The first-order chi connectivity index (χ1) is 9.33. The van der Waals surface area contributed by atoms with Crippen LogP contribution < -0.4 is 10.5 Å². The summed E-state index contributed by atoms with van der Waals surface area (Å²) in [4.78, 5) is -0.491. The lowest BCUT2D eigenvalue weighted by molar-refractivity contribution is 0.537. The zero-order chi connectivity index (χ0) is 14.9. The Morgan fingerprint density at radius 3 is 2.75 bits per heavy atom. The molecule has 20 heavy (non-hydrogen) atoms. The number of sulfonamides is 1. The molecule has 0 aliphatic heterocycles. The number of benzene rings is 1. The van der Waals surface area contributed by atoms with Gasteiger partial charge in [0.1, 0.15) is 4.90 Å². The Morgan fingerprint density at radius 1 is 1.45 bits per heavy atom. The van der Waals surface area contributed by atoms with Crippen molar-refractivity contribution >= 4 is 39.1 Å².